The van der Waals surface area contributed by atoms with E-state index in [1.807, 2.05) is 23.7 Å². The molecule has 1 unspecified atom stereocenters. The molecule has 1 N–H and O–H groups in total. The molecule has 132 valence electrons. The number of thioether (sulfide) groups is 1. The summed E-state index contributed by atoms with van der Waals surface area (Å²) in [5.41, 5.74) is 0. The van der Waals surface area contributed by atoms with E-state index in [1.165, 1.54) is 0 Å². The van der Waals surface area contributed by atoms with Gasteiger partial charge in [0.25, 0.3) is 0 Å². The van der Waals surface area contributed by atoms with Crippen LogP contribution in [-0.4, -0.2) is 86.2 Å². The molecule has 0 aromatic carbocycles. The van der Waals surface area contributed by atoms with E-state index >= 15 is 0 Å². The predicted octanol–water partition coefficient (Wildman–Crippen LogP) is 0.884. The molecular formula is C16H30N4O2S. The van der Waals surface area contributed by atoms with Crippen LogP contribution >= 0.6 is 11.8 Å². The van der Waals surface area contributed by atoms with Gasteiger partial charge in [0.2, 0.25) is 5.91 Å². The van der Waals surface area contributed by atoms with Crippen LogP contribution in [0, 0.1) is 5.92 Å². The molecule has 7 heteroatoms. The first kappa shape index (κ1) is 18.4. The summed E-state index contributed by atoms with van der Waals surface area (Å²) >= 11 is 1.85. The Morgan fingerprint density at radius 2 is 1.91 bits per heavy atom. The van der Waals surface area contributed by atoms with Crippen molar-refractivity contribution < 1.29 is 9.53 Å². The lowest BCUT2D eigenvalue weighted by atomic mass is 9.95. The van der Waals surface area contributed by atoms with Crippen molar-refractivity contribution in [3.05, 3.63) is 0 Å². The van der Waals surface area contributed by atoms with Crippen molar-refractivity contribution in [2.24, 2.45) is 10.9 Å². The minimum atomic E-state index is 0.160. The summed E-state index contributed by atoms with van der Waals surface area (Å²) in [5, 5.41) is 4.00. The highest BCUT2D eigenvalue weighted by atomic mass is 32.2. The van der Waals surface area contributed by atoms with Gasteiger partial charge in [0, 0.05) is 50.9 Å². The Bertz CT molecular complexity index is 405. The Kier molecular flexibility index (Phi) is 7.49. The first-order chi connectivity index (χ1) is 11.2. The van der Waals surface area contributed by atoms with E-state index in [2.05, 4.69) is 28.4 Å². The van der Waals surface area contributed by atoms with Crippen LogP contribution in [0.4, 0.5) is 0 Å². The van der Waals surface area contributed by atoms with Crippen molar-refractivity contribution in [2.75, 3.05) is 59.2 Å². The van der Waals surface area contributed by atoms with Crippen LogP contribution in [0.2, 0.25) is 0 Å². The van der Waals surface area contributed by atoms with E-state index in [9.17, 15) is 4.79 Å². The molecule has 2 saturated heterocycles. The molecule has 0 radical (unpaired) electrons. The summed E-state index contributed by atoms with van der Waals surface area (Å²) in [6, 6.07) is 0. The number of hydrogen-bond donors (Lipinski definition) is 1. The third-order valence-electron chi connectivity index (χ3n) is 4.63. The maximum atomic E-state index is 12.6. The highest BCUT2D eigenvalue weighted by Crippen LogP contribution is 2.20. The third-order valence-corrected chi connectivity index (χ3v) is 5.60. The van der Waals surface area contributed by atoms with E-state index in [4.69, 9.17) is 4.74 Å². The molecule has 2 fully saturated rings. The molecule has 0 aromatic heterocycles. The van der Waals surface area contributed by atoms with Crippen molar-refractivity contribution in [3.63, 3.8) is 0 Å². The number of rotatable bonds is 4. The van der Waals surface area contributed by atoms with Crippen LogP contribution in [0.5, 0.6) is 0 Å². The summed E-state index contributed by atoms with van der Waals surface area (Å²) in [7, 11) is 1.83. The largest absolute Gasteiger partial charge is 0.378 e. The molecule has 1 atom stereocenters. The molecule has 0 saturated carbocycles. The normalized spacial score (nSPS) is 22.1. The molecule has 2 aliphatic heterocycles. The molecule has 23 heavy (non-hydrogen) atoms. The molecule has 6 nitrogen and oxygen atoms in total. The van der Waals surface area contributed by atoms with Gasteiger partial charge in [-0.15, -0.1) is 0 Å². The number of nitrogens with zero attached hydrogens (tertiary/aromatic N) is 3. The second kappa shape index (κ2) is 9.37. The maximum absolute atomic E-state index is 12.6. The highest BCUT2D eigenvalue weighted by molar-refractivity contribution is 7.99. The second-order valence-corrected chi connectivity index (χ2v) is 7.45. The van der Waals surface area contributed by atoms with E-state index in [-0.39, 0.29) is 5.92 Å². The van der Waals surface area contributed by atoms with Gasteiger partial charge in [-0.1, -0.05) is 6.92 Å². The van der Waals surface area contributed by atoms with Crippen LogP contribution in [0.1, 0.15) is 19.8 Å². The molecule has 0 aliphatic carbocycles. The fraction of sp³-hybridized carbons (Fsp3) is 0.875. The van der Waals surface area contributed by atoms with Gasteiger partial charge in [0.1, 0.15) is 0 Å². The Balaban J connectivity index is 1.79. The number of morpholine rings is 1. The number of carbonyl (C=O) groups is 1. The van der Waals surface area contributed by atoms with Crippen LogP contribution in [0.15, 0.2) is 4.99 Å². The highest BCUT2D eigenvalue weighted by Gasteiger charge is 2.30. The number of carbonyl (C=O) groups excluding carboxylic acids is 1. The monoisotopic (exact) mass is 342 g/mol. The number of ether oxygens (including phenoxy) is 1. The zero-order valence-corrected chi connectivity index (χ0v) is 15.4. The van der Waals surface area contributed by atoms with Gasteiger partial charge in [-0.25, -0.2) is 0 Å². The van der Waals surface area contributed by atoms with Gasteiger partial charge < -0.3 is 19.9 Å². The quantitative estimate of drug-likeness (QED) is 0.607. The van der Waals surface area contributed by atoms with Crippen LogP contribution in [-0.2, 0) is 9.53 Å². The predicted molar refractivity (Wildman–Crippen MR) is 96.0 cm³/mol. The lowest BCUT2D eigenvalue weighted by Gasteiger charge is -2.36. The number of nitrogens with one attached hydrogen (secondary N) is 1. The molecule has 0 spiro atoms. The van der Waals surface area contributed by atoms with E-state index in [0.29, 0.717) is 24.4 Å². The fourth-order valence-corrected chi connectivity index (χ4v) is 3.28. The Hall–Kier alpha value is -0.950. The molecule has 2 rings (SSSR count). The standard InChI is InChI=1S/C16H30N4O2S/c1-13(23-3)12-18-16(17-2)20-6-4-14(5-7-20)15(21)19-8-10-22-11-9-19/h13-14H,4-12H2,1-3H3,(H,17,18). The van der Waals surface area contributed by atoms with Crippen molar-refractivity contribution in [1.29, 1.82) is 0 Å². The zero-order chi connectivity index (χ0) is 16.7. The van der Waals surface area contributed by atoms with Gasteiger partial charge in [0.15, 0.2) is 5.96 Å². The molecule has 2 heterocycles. The van der Waals surface area contributed by atoms with Crippen molar-refractivity contribution in [2.45, 2.75) is 25.0 Å². The average Bonchev–Trinajstić information content (AvgIpc) is 2.62. The molecular weight excluding hydrogens is 312 g/mol. The van der Waals surface area contributed by atoms with Gasteiger partial charge in [-0.2, -0.15) is 11.8 Å². The fourth-order valence-electron chi connectivity index (χ4n) is 3.03. The summed E-state index contributed by atoms with van der Waals surface area (Å²) in [4.78, 5) is 21.2. The number of hydrogen-bond acceptors (Lipinski definition) is 4. The van der Waals surface area contributed by atoms with Crippen LogP contribution < -0.4 is 5.32 Å². The number of aliphatic imine (C=N–C) groups is 1. The maximum Gasteiger partial charge on any atom is 0.225 e. The smallest absolute Gasteiger partial charge is 0.225 e. The third kappa shape index (κ3) is 5.28. The first-order valence-electron chi connectivity index (χ1n) is 8.50. The first-order valence-corrected chi connectivity index (χ1v) is 9.79. The Labute approximate surface area is 144 Å². The Morgan fingerprint density at radius 1 is 1.26 bits per heavy atom. The van der Waals surface area contributed by atoms with Gasteiger partial charge >= 0.3 is 0 Å². The summed E-state index contributed by atoms with van der Waals surface area (Å²) in [5.74, 6) is 1.43. The summed E-state index contributed by atoms with van der Waals surface area (Å²) < 4.78 is 5.33. The van der Waals surface area contributed by atoms with Crippen LogP contribution in [0.3, 0.4) is 0 Å². The minimum Gasteiger partial charge on any atom is -0.378 e. The number of likely N-dealkylation sites (tertiary alicyclic amines) is 1. The van der Waals surface area contributed by atoms with Gasteiger partial charge in [-0.05, 0) is 19.1 Å². The van der Waals surface area contributed by atoms with Crippen molar-refractivity contribution in [3.8, 4) is 0 Å². The molecule has 0 bridgehead atoms. The molecule has 2 aliphatic rings. The van der Waals surface area contributed by atoms with Gasteiger partial charge in [0.05, 0.1) is 13.2 Å². The topological polar surface area (TPSA) is 57.2 Å². The average molecular weight is 343 g/mol. The lowest BCUT2D eigenvalue weighted by Crippen LogP contribution is -2.50. The molecule has 1 amide bonds. The van der Waals surface area contributed by atoms with Gasteiger partial charge in [-0.3, -0.25) is 9.79 Å². The van der Waals surface area contributed by atoms with E-state index in [1.54, 1.807) is 0 Å². The van der Waals surface area contributed by atoms with E-state index < -0.39 is 0 Å². The number of amides is 1. The van der Waals surface area contributed by atoms with Crippen molar-refractivity contribution in [1.82, 2.24) is 15.1 Å². The summed E-state index contributed by atoms with van der Waals surface area (Å²) in [6.07, 6.45) is 3.95. The summed E-state index contributed by atoms with van der Waals surface area (Å²) in [6.45, 7) is 7.76. The number of guanidine groups is 1. The van der Waals surface area contributed by atoms with E-state index in [0.717, 1.165) is 51.5 Å². The Morgan fingerprint density at radius 3 is 2.48 bits per heavy atom. The van der Waals surface area contributed by atoms with Crippen LogP contribution in [0.25, 0.3) is 0 Å². The zero-order valence-electron chi connectivity index (χ0n) is 14.6. The molecule has 0 aromatic rings. The SMILES string of the molecule is CN=C(NCC(C)SC)N1CCC(C(=O)N2CCOCC2)CC1. The number of piperidine rings is 1. The lowest BCUT2D eigenvalue weighted by molar-refractivity contribution is -0.140. The van der Waals surface area contributed by atoms with Crippen molar-refractivity contribution >= 4 is 23.6 Å². The minimum absolute atomic E-state index is 0.160. The second-order valence-electron chi connectivity index (χ2n) is 6.17.